The minimum Gasteiger partial charge on any atom is -0.466 e. The lowest BCUT2D eigenvalue weighted by atomic mass is 10.1. The SMILES string of the molecule is CCc1cccc(N2N=C(c3ccc(C)cc3)OCC2=O)c1. The van der Waals surface area contributed by atoms with E-state index in [1.54, 1.807) is 0 Å². The standard InChI is InChI=1S/C18H18N2O2/c1-3-14-5-4-6-16(11-14)20-17(21)12-22-18(19-20)15-9-7-13(2)8-10-15/h4-11H,3,12H2,1-2H3. The van der Waals surface area contributed by atoms with Crippen molar-refractivity contribution in [3.8, 4) is 0 Å². The summed E-state index contributed by atoms with van der Waals surface area (Å²) in [5.41, 5.74) is 3.99. The zero-order valence-corrected chi connectivity index (χ0v) is 12.7. The van der Waals surface area contributed by atoms with Crippen LogP contribution < -0.4 is 5.01 Å². The maximum absolute atomic E-state index is 12.1. The number of nitrogens with zero attached hydrogens (tertiary/aromatic N) is 2. The summed E-state index contributed by atoms with van der Waals surface area (Å²) in [5, 5.41) is 5.82. The van der Waals surface area contributed by atoms with Crippen molar-refractivity contribution in [1.82, 2.24) is 0 Å². The molecule has 0 saturated carbocycles. The van der Waals surface area contributed by atoms with Gasteiger partial charge in [-0.3, -0.25) is 4.79 Å². The highest BCUT2D eigenvalue weighted by atomic mass is 16.5. The van der Waals surface area contributed by atoms with Crippen LogP contribution in [0.2, 0.25) is 0 Å². The van der Waals surface area contributed by atoms with E-state index in [1.807, 2.05) is 55.5 Å². The largest absolute Gasteiger partial charge is 0.466 e. The first-order chi connectivity index (χ1) is 10.7. The molecule has 112 valence electrons. The molecule has 0 spiro atoms. The number of amides is 1. The minimum absolute atomic E-state index is 0.00304. The van der Waals surface area contributed by atoms with Crippen LogP contribution in [-0.2, 0) is 16.0 Å². The minimum atomic E-state index is -0.163. The van der Waals surface area contributed by atoms with Gasteiger partial charge in [-0.05, 0) is 43.2 Å². The van der Waals surface area contributed by atoms with Gasteiger partial charge in [-0.1, -0.05) is 36.8 Å². The molecule has 1 aliphatic rings. The molecule has 2 aromatic carbocycles. The van der Waals surface area contributed by atoms with Crippen LogP contribution in [-0.4, -0.2) is 18.4 Å². The summed E-state index contributed by atoms with van der Waals surface area (Å²) in [4.78, 5) is 12.1. The molecule has 0 radical (unpaired) electrons. The fourth-order valence-electron chi connectivity index (χ4n) is 2.31. The van der Waals surface area contributed by atoms with Gasteiger partial charge in [0, 0.05) is 5.56 Å². The Balaban J connectivity index is 1.96. The third-order valence-corrected chi connectivity index (χ3v) is 3.62. The molecule has 0 fully saturated rings. The van der Waals surface area contributed by atoms with E-state index in [-0.39, 0.29) is 12.5 Å². The first-order valence-corrected chi connectivity index (χ1v) is 7.37. The van der Waals surface area contributed by atoms with Gasteiger partial charge in [-0.2, -0.15) is 5.01 Å². The van der Waals surface area contributed by atoms with Gasteiger partial charge in [0.2, 0.25) is 5.90 Å². The first kappa shape index (κ1) is 14.3. The van der Waals surface area contributed by atoms with E-state index in [2.05, 4.69) is 12.0 Å². The van der Waals surface area contributed by atoms with Gasteiger partial charge in [0.1, 0.15) is 0 Å². The number of carbonyl (C=O) groups is 1. The predicted molar refractivity (Wildman–Crippen MR) is 87.0 cm³/mol. The number of aryl methyl sites for hydroxylation is 2. The highest BCUT2D eigenvalue weighted by Crippen LogP contribution is 2.21. The molecule has 2 aromatic rings. The second kappa shape index (κ2) is 6.02. The van der Waals surface area contributed by atoms with Gasteiger partial charge in [-0.25, -0.2) is 0 Å². The lowest BCUT2D eigenvalue weighted by Crippen LogP contribution is -2.36. The Bertz CT molecular complexity index is 720. The molecule has 1 aliphatic heterocycles. The maximum Gasteiger partial charge on any atom is 0.285 e. The van der Waals surface area contributed by atoms with Crippen LogP contribution in [0.1, 0.15) is 23.6 Å². The average molecular weight is 294 g/mol. The molecular weight excluding hydrogens is 276 g/mol. The van der Waals surface area contributed by atoms with Crippen molar-refractivity contribution in [2.45, 2.75) is 20.3 Å². The molecule has 4 heteroatoms. The Morgan fingerprint density at radius 1 is 1.18 bits per heavy atom. The number of benzene rings is 2. The Labute approximate surface area is 130 Å². The summed E-state index contributed by atoms with van der Waals surface area (Å²) < 4.78 is 5.48. The van der Waals surface area contributed by atoms with Crippen molar-refractivity contribution in [3.63, 3.8) is 0 Å². The van der Waals surface area contributed by atoms with E-state index in [4.69, 9.17) is 4.74 Å². The van der Waals surface area contributed by atoms with Crippen molar-refractivity contribution in [2.75, 3.05) is 11.6 Å². The van der Waals surface area contributed by atoms with Crippen molar-refractivity contribution in [1.29, 1.82) is 0 Å². The molecule has 4 nitrogen and oxygen atoms in total. The van der Waals surface area contributed by atoms with Crippen molar-refractivity contribution in [3.05, 3.63) is 65.2 Å². The van der Waals surface area contributed by atoms with Crippen molar-refractivity contribution in [2.24, 2.45) is 5.10 Å². The van der Waals surface area contributed by atoms with E-state index in [9.17, 15) is 4.79 Å². The zero-order chi connectivity index (χ0) is 15.5. The second-order valence-corrected chi connectivity index (χ2v) is 5.29. The highest BCUT2D eigenvalue weighted by Gasteiger charge is 2.24. The second-order valence-electron chi connectivity index (χ2n) is 5.29. The van der Waals surface area contributed by atoms with Crippen LogP contribution in [0.15, 0.2) is 53.6 Å². The molecular formula is C18H18N2O2. The first-order valence-electron chi connectivity index (χ1n) is 7.37. The number of hydrazone groups is 1. The summed E-state index contributed by atoms with van der Waals surface area (Å²) in [5.74, 6) is 0.311. The summed E-state index contributed by atoms with van der Waals surface area (Å²) in [7, 11) is 0. The van der Waals surface area contributed by atoms with Gasteiger partial charge in [-0.15, -0.1) is 5.10 Å². The van der Waals surface area contributed by atoms with Crippen molar-refractivity contribution < 1.29 is 9.53 Å². The molecule has 22 heavy (non-hydrogen) atoms. The monoisotopic (exact) mass is 294 g/mol. The summed E-state index contributed by atoms with van der Waals surface area (Å²) in [6, 6.07) is 15.8. The number of anilines is 1. The number of rotatable bonds is 3. The van der Waals surface area contributed by atoms with E-state index >= 15 is 0 Å². The summed E-state index contributed by atoms with van der Waals surface area (Å²) in [6.45, 7) is 4.11. The number of hydrogen-bond donors (Lipinski definition) is 0. The van der Waals surface area contributed by atoms with E-state index < -0.39 is 0 Å². The topological polar surface area (TPSA) is 41.9 Å². The van der Waals surface area contributed by atoms with E-state index in [0.717, 1.165) is 17.7 Å². The lowest BCUT2D eigenvalue weighted by Gasteiger charge is -2.24. The molecule has 0 N–H and O–H groups in total. The summed E-state index contributed by atoms with van der Waals surface area (Å²) >= 11 is 0. The molecule has 0 unspecified atom stereocenters. The smallest absolute Gasteiger partial charge is 0.285 e. The third kappa shape index (κ3) is 2.86. The predicted octanol–water partition coefficient (Wildman–Crippen LogP) is 3.28. The summed E-state index contributed by atoms with van der Waals surface area (Å²) in [6.07, 6.45) is 0.918. The van der Waals surface area contributed by atoms with Crippen LogP contribution in [0.4, 0.5) is 5.69 Å². The highest BCUT2D eigenvalue weighted by molar-refractivity contribution is 6.04. The molecule has 1 heterocycles. The average Bonchev–Trinajstić information content (AvgIpc) is 2.56. The van der Waals surface area contributed by atoms with Crippen LogP contribution >= 0.6 is 0 Å². The normalized spacial score (nSPS) is 14.5. The van der Waals surface area contributed by atoms with E-state index in [1.165, 1.54) is 16.1 Å². The molecule has 0 bridgehead atoms. The van der Waals surface area contributed by atoms with Crippen LogP contribution in [0, 0.1) is 6.92 Å². The lowest BCUT2D eigenvalue weighted by molar-refractivity contribution is -0.121. The van der Waals surface area contributed by atoms with Gasteiger partial charge in [0.25, 0.3) is 5.91 Å². The Kier molecular flexibility index (Phi) is 3.92. The van der Waals surface area contributed by atoms with Gasteiger partial charge >= 0.3 is 0 Å². The fraction of sp³-hybridized carbons (Fsp3) is 0.222. The van der Waals surface area contributed by atoms with E-state index in [0.29, 0.717) is 5.90 Å². The zero-order valence-electron chi connectivity index (χ0n) is 12.7. The molecule has 0 aromatic heterocycles. The van der Waals surface area contributed by atoms with Gasteiger partial charge in [0.05, 0.1) is 5.69 Å². The Morgan fingerprint density at radius 2 is 1.95 bits per heavy atom. The Hall–Kier alpha value is -2.62. The third-order valence-electron chi connectivity index (χ3n) is 3.62. The molecule has 0 atom stereocenters. The van der Waals surface area contributed by atoms with Crippen LogP contribution in [0.3, 0.4) is 0 Å². The van der Waals surface area contributed by atoms with Gasteiger partial charge in [0.15, 0.2) is 6.61 Å². The van der Waals surface area contributed by atoms with Crippen molar-refractivity contribution >= 4 is 17.5 Å². The molecule has 1 amide bonds. The van der Waals surface area contributed by atoms with Crippen LogP contribution in [0.5, 0.6) is 0 Å². The Morgan fingerprint density at radius 3 is 2.68 bits per heavy atom. The van der Waals surface area contributed by atoms with Gasteiger partial charge < -0.3 is 4.74 Å². The number of ether oxygens (including phenoxy) is 1. The fourth-order valence-corrected chi connectivity index (χ4v) is 2.31. The molecule has 3 rings (SSSR count). The quantitative estimate of drug-likeness (QED) is 0.871. The number of carbonyl (C=O) groups excluding carboxylic acids is 1. The maximum atomic E-state index is 12.1. The number of hydrogen-bond acceptors (Lipinski definition) is 3. The molecule has 0 aliphatic carbocycles. The molecule has 0 saturated heterocycles. The van der Waals surface area contributed by atoms with Crippen LogP contribution in [0.25, 0.3) is 0 Å².